The highest BCUT2D eigenvalue weighted by atomic mass is 16.5. The third-order valence-corrected chi connectivity index (χ3v) is 3.83. The third-order valence-electron chi connectivity index (χ3n) is 3.83. The molecule has 0 aromatic heterocycles. The van der Waals surface area contributed by atoms with Gasteiger partial charge in [0, 0.05) is 24.3 Å². The number of ether oxygens (including phenoxy) is 1. The molecule has 0 radical (unpaired) electrons. The van der Waals surface area contributed by atoms with Crippen molar-refractivity contribution in [3.63, 3.8) is 0 Å². The Morgan fingerprint density at radius 1 is 1.37 bits per heavy atom. The van der Waals surface area contributed by atoms with Gasteiger partial charge in [0.05, 0.1) is 6.10 Å². The number of benzene rings is 1. The molecule has 1 aromatic carbocycles. The van der Waals surface area contributed by atoms with E-state index in [9.17, 15) is 5.11 Å². The van der Waals surface area contributed by atoms with Crippen molar-refractivity contribution in [1.82, 2.24) is 4.90 Å². The van der Waals surface area contributed by atoms with E-state index in [1.807, 2.05) is 24.3 Å². The van der Waals surface area contributed by atoms with Crippen LogP contribution in [0, 0.1) is 0 Å². The van der Waals surface area contributed by atoms with Gasteiger partial charge in [-0.1, -0.05) is 18.9 Å². The molecule has 1 aliphatic carbocycles. The molecule has 0 bridgehead atoms. The number of nitrogens with two attached hydrogens (primary N) is 1. The van der Waals surface area contributed by atoms with Crippen LogP contribution in [0.25, 0.3) is 0 Å². The Kier molecular flexibility index (Phi) is 5.05. The van der Waals surface area contributed by atoms with Crippen molar-refractivity contribution in [3.05, 3.63) is 24.3 Å². The second-order valence-electron chi connectivity index (χ2n) is 5.32. The lowest BCUT2D eigenvalue weighted by atomic mass is 9.92. The van der Waals surface area contributed by atoms with Crippen LogP contribution in [0.3, 0.4) is 0 Å². The van der Waals surface area contributed by atoms with Crippen LogP contribution in [0.1, 0.15) is 25.7 Å². The maximum atomic E-state index is 9.99. The normalized spacial score (nSPS) is 23.5. The minimum atomic E-state index is -0.189. The van der Waals surface area contributed by atoms with E-state index in [0.29, 0.717) is 12.3 Å². The molecule has 4 nitrogen and oxygen atoms in total. The number of hydrogen-bond donors (Lipinski definition) is 2. The fourth-order valence-electron chi connectivity index (χ4n) is 2.68. The second-order valence-corrected chi connectivity index (χ2v) is 5.32. The van der Waals surface area contributed by atoms with Crippen LogP contribution < -0.4 is 10.5 Å². The van der Waals surface area contributed by atoms with E-state index in [1.54, 1.807) is 0 Å². The van der Waals surface area contributed by atoms with Gasteiger partial charge in [0.25, 0.3) is 0 Å². The standard InChI is InChI=1S/C15H24N2O2/c1-17(14-7-2-3-8-15(14)18)9-10-19-13-6-4-5-12(16)11-13/h4-6,11,14-15,18H,2-3,7-10,16H2,1H3. The summed E-state index contributed by atoms with van der Waals surface area (Å²) < 4.78 is 5.68. The van der Waals surface area contributed by atoms with Crippen molar-refractivity contribution in [1.29, 1.82) is 0 Å². The van der Waals surface area contributed by atoms with Gasteiger partial charge in [-0.3, -0.25) is 4.90 Å². The summed E-state index contributed by atoms with van der Waals surface area (Å²) in [5, 5.41) is 9.99. The molecule has 1 aliphatic rings. The van der Waals surface area contributed by atoms with Crippen LogP contribution in [0.2, 0.25) is 0 Å². The van der Waals surface area contributed by atoms with Crippen LogP contribution in [-0.2, 0) is 0 Å². The first-order chi connectivity index (χ1) is 9.16. The van der Waals surface area contributed by atoms with E-state index in [-0.39, 0.29) is 12.1 Å². The highest BCUT2D eigenvalue weighted by molar-refractivity contribution is 5.43. The molecular weight excluding hydrogens is 240 g/mol. The van der Waals surface area contributed by atoms with Crippen LogP contribution in [0.15, 0.2) is 24.3 Å². The third kappa shape index (κ3) is 4.11. The van der Waals surface area contributed by atoms with Crippen molar-refractivity contribution in [3.8, 4) is 5.75 Å². The Balaban J connectivity index is 1.75. The molecule has 19 heavy (non-hydrogen) atoms. The predicted molar refractivity (Wildman–Crippen MR) is 77.2 cm³/mol. The zero-order valence-electron chi connectivity index (χ0n) is 11.6. The maximum Gasteiger partial charge on any atom is 0.121 e. The molecule has 0 aliphatic heterocycles. The predicted octanol–water partition coefficient (Wildman–Crippen LogP) is 1.88. The van der Waals surface area contributed by atoms with E-state index in [1.165, 1.54) is 6.42 Å². The molecule has 0 saturated heterocycles. The summed E-state index contributed by atoms with van der Waals surface area (Å²) in [6, 6.07) is 7.75. The maximum absolute atomic E-state index is 9.99. The molecule has 4 heteroatoms. The smallest absolute Gasteiger partial charge is 0.121 e. The Hall–Kier alpha value is -1.26. The van der Waals surface area contributed by atoms with Crippen molar-refractivity contribution in [2.24, 2.45) is 0 Å². The van der Waals surface area contributed by atoms with Crippen LogP contribution in [0.4, 0.5) is 5.69 Å². The average molecular weight is 264 g/mol. The quantitative estimate of drug-likeness (QED) is 0.797. The first-order valence-corrected chi connectivity index (χ1v) is 7.03. The molecule has 1 aromatic rings. The number of nitrogens with zero attached hydrogens (tertiary/aromatic N) is 1. The van der Waals surface area contributed by atoms with Gasteiger partial charge < -0.3 is 15.6 Å². The van der Waals surface area contributed by atoms with E-state index >= 15 is 0 Å². The molecule has 0 amide bonds. The lowest BCUT2D eigenvalue weighted by Gasteiger charge is -2.35. The molecule has 0 heterocycles. The monoisotopic (exact) mass is 264 g/mol. The average Bonchev–Trinajstić information content (AvgIpc) is 2.39. The molecule has 2 unspecified atom stereocenters. The summed E-state index contributed by atoms with van der Waals surface area (Å²) in [4.78, 5) is 2.20. The largest absolute Gasteiger partial charge is 0.492 e. The van der Waals surface area contributed by atoms with Crippen LogP contribution in [0.5, 0.6) is 5.75 Å². The number of likely N-dealkylation sites (N-methyl/N-ethyl adjacent to an activating group) is 1. The summed E-state index contributed by atoms with van der Waals surface area (Å²) in [5.41, 5.74) is 6.42. The summed E-state index contributed by atoms with van der Waals surface area (Å²) in [7, 11) is 2.06. The highest BCUT2D eigenvalue weighted by Crippen LogP contribution is 2.22. The van der Waals surface area contributed by atoms with Gasteiger partial charge in [-0.25, -0.2) is 0 Å². The van der Waals surface area contributed by atoms with Crippen molar-refractivity contribution in [2.45, 2.75) is 37.8 Å². The SMILES string of the molecule is CN(CCOc1cccc(N)c1)C1CCCCC1O. The molecule has 0 spiro atoms. The molecule has 106 valence electrons. The fourth-order valence-corrected chi connectivity index (χ4v) is 2.68. The highest BCUT2D eigenvalue weighted by Gasteiger charge is 2.26. The number of nitrogen functional groups attached to an aromatic ring is 1. The lowest BCUT2D eigenvalue weighted by molar-refractivity contribution is 0.0272. The van der Waals surface area contributed by atoms with Crippen molar-refractivity contribution >= 4 is 5.69 Å². The molecule has 3 N–H and O–H groups in total. The molecule has 2 rings (SSSR count). The number of rotatable bonds is 5. The zero-order chi connectivity index (χ0) is 13.7. The molecule has 2 atom stereocenters. The molecule has 1 saturated carbocycles. The summed E-state index contributed by atoms with van der Waals surface area (Å²) >= 11 is 0. The lowest BCUT2D eigenvalue weighted by Crippen LogP contribution is -2.44. The van der Waals surface area contributed by atoms with Crippen LogP contribution in [-0.4, -0.2) is 42.4 Å². The van der Waals surface area contributed by atoms with Crippen molar-refractivity contribution < 1.29 is 9.84 Å². The van der Waals surface area contributed by atoms with Crippen molar-refractivity contribution in [2.75, 3.05) is 25.9 Å². The van der Waals surface area contributed by atoms with Gasteiger partial charge in [-0.2, -0.15) is 0 Å². The van der Waals surface area contributed by atoms with Gasteiger partial charge >= 0.3 is 0 Å². The van der Waals surface area contributed by atoms with Gasteiger partial charge in [-0.05, 0) is 32.0 Å². The Morgan fingerprint density at radius 3 is 2.89 bits per heavy atom. The minimum Gasteiger partial charge on any atom is -0.492 e. The number of aliphatic hydroxyl groups excluding tert-OH is 1. The topological polar surface area (TPSA) is 58.7 Å². The molecular formula is C15H24N2O2. The van der Waals surface area contributed by atoms with Crippen LogP contribution >= 0.6 is 0 Å². The van der Waals surface area contributed by atoms with E-state index < -0.39 is 0 Å². The first-order valence-electron chi connectivity index (χ1n) is 7.03. The fraction of sp³-hybridized carbons (Fsp3) is 0.600. The number of anilines is 1. The Bertz CT molecular complexity index is 397. The number of aliphatic hydroxyl groups is 1. The first kappa shape index (κ1) is 14.2. The second kappa shape index (κ2) is 6.78. The van der Waals surface area contributed by atoms with Gasteiger partial charge in [0.15, 0.2) is 0 Å². The van der Waals surface area contributed by atoms with Gasteiger partial charge in [-0.15, -0.1) is 0 Å². The van der Waals surface area contributed by atoms with E-state index in [0.717, 1.165) is 31.6 Å². The van der Waals surface area contributed by atoms with Gasteiger partial charge in [0.1, 0.15) is 12.4 Å². The zero-order valence-corrected chi connectivity index (χ0v) is 11.6. The summed E-state index contributed by atoms with van der Waals surface area (Å²) in [6.07, 6.45) is 4.17. The minimum absolute atomic E-state index is 0.189. The Labute approximate surface area is 115 Å². The van der Waals surface area contributed by atoms with E-state index in [4.69, 9.17) is 10.5 Å². The molecule has 1 fully saturated rings. The summed E-state index contributed by atoms with van der Waals surface area (Å²) in [5.74, 6) is 0.803. The van der Waals surface area contributed by atoms with Gasteiger partial charge in [0.2, 0.25) is 0 Å². The summed E-state index contributed by atoms with van der Waals surface area (Å²) in [6.45, 7) is 1.43. The number of hydrogen-bond acceptors (Lipinski definition) is 4. The Morgan fingerprint density at radius 2 is 2.16 bits per heavy atom. The van der Waals surface area contributed by atoms with E-state index in [2.05, 4.69) is 11.9 Å².